The second kappa shape index (κ2) is 9.21. The first kappa shape index (κ1) is 22.6. The zero-order chi connectivity index (χ0) is 24.5. The number of carbonyl (C=O) groups excluding carboxylic acids is 4. The third kappa shape index (κ3) is 4.47. The SMILES string of the molecule is Cc1cccc(NC(=O)Cn2cc(/C=C3\C(=O)NC(=O)N(C4CCCC4)C3=O)c3ccccc32)c1. The molecular weight excluding hydrogens is 444 g/mol. The summed E-state index contributed by atoms with van der Waals surface area (Å²) in [6, 6.07) is 14.2. The molecule has 178 valence electrons. The second-order valence-electron chi connectivity index (χ2n) is 9.08. The van der Waals surface area contributed by atoms with Crippen molar-refractivity contribution in [3.8, 4) is 0 Å². The van der Waals surface area contributed by atoms with Crippen molar-refractivity contribution >= 4 is 46.4 Å². The molecule has 5 rings (SSSR count). The molecule has 1 aliphatic carbocycles. The minimum atomic E-state index is -0.705. The lowest BCUT2D eigenvalue weighted by molar-refractivity contribution is -0.131. The highest BCUT2D eigenvalue weighted by Gasteiger charge is 2.40. The lowest BCUT2D eigenvalue weighted by atomic mass is 10.0. The van der Waals surface area contributed by atoms with Crippen LogP contribution < -0.4 is 10.6 Å². The summed E-state index contributed by atoms with van der Waals surface area (Å²) in [5, 5.41) is 6.02. The van der Waals surface area contributed by atoms with Gasteiger partial charge in [-0.3, -0.25) is 24.6 Å². The van der Waals surface area contributed by atoms with E-state index in [1.165, 1.54) is 11.0 Å². The molecule has 5 amide bonds. The Labute approximate surface area is 202 Å². The minimum Gasteiger partial charge on any atom is -0.337 e. The topological polar surface area (TPSA) is 101 Å². The number of hydrogen-bond donors (Lipinski definition) is 2. The molecule has 2 heterocycles. The summed E-state index contributed by atoms with van der Waals surface area (Å²) >= 11 is 0. The van der Waals surface area contributed by atoms with Crippen molar-refractivity contribution in [2.45, 2.75) is 45.2 Å². The fraction of sp³-hybridized carbons (Fsp3) is 0.259. The summed E-state index contributed by atoms with van der Waals surface area (Å²) < 4.78 is 1.79. The van der Waals surface area contributed by atoms with Crippen molar-refractivity contribution in [1.82, 2.24) is 14.8 Å². The van der Waals surface area contributed by atoms with Crippen LogP contribution in [0.15, 0.2) is 60.3 Å². The maximum Gasteiger partial charge on any atom is 0.331 e. The van der Waals surface area contributed by atoms with Crippen molar-refractivity contribution < 1.29 is 19.2 Å². The van der Waals surface area contributed by atoms with Gasteiger partial charge >= 0.3 is 6.03 Å². The number of nitrogens with zero attached hydrogens (tertiary/aromatic N) is 2. The van der Waals surface area contributed by atoms with Crippen molar-refractivity contribution in [1.29, 1.82) is 0 Å². The normalized spacial score (nSPS) is 17.9. The van der Waals surface area contributed by atoms with Gasteiger partial charge in [0, 0.05) is 34.4 Å². The molecule has 0 spiro atoms. The summed E-state index contributed by atoms with van der Waals surface area (Å²) in [5.41, 5.74) is 3.11. The number of carbonyl (C=O) groups is 4. The van der Waals surface area contributed by atoms with Crippen LogP contribution in [0.3, 0.4) is 0 Å². The molecule has 3 aromatic rings. The van der Waals surface area contributed by atoms with Crippen molar-refractivity contribution in [3.05, 3.63) is 71.4 Å². The van der Waals surface area contributed by atoms with Crippen LogP contribution in [-0.4, -0.2) is 39.3 Å². The number of rotatable bonds is 5. The summed E-state index contributed by atoms with van der Waals surface area (Å²) in [6.07, 6.45) is 6.67. The Hall–Kier alpha value is -4.20. The number of hydrogen-bond acceptors (Lipinski definition) is 4. The Morgan fingerprint density at radius 3 is 2.63 bits per heavy atom. The number of benzene rings is 2. The highest BCUT2D eigenvalue weighted by Crippen LogP contribution is 2.29. The van der Waals surface area contributed by atoms with Gasteiger partial charge in [0.15, 0.2) is 0 Å². The van der Waals surface area contributed by atoms with Gasteiger partial charge in [0.2, 0.25) is 5.91 Å². The van der Waals surface area contributed by atoms with E-state index in [0.717, 1.165) is 47.8 Å². The van der Waals surface area contributed by atoms with Gasteiger partial charge in [0.25, 0.3) is 11.8 Å². The van der Waals surface area contributed by atoms with Gasteiger partial charge in [-0.2, -0.15) is 0 Å². The van der Waals surface area contributed by atoms with E-state index in [2.05, 4.69) is 10.6 Å². The molecule has 8 nitrogen and oxygen atoms in total. The molecule has 2 aromatic carbocycles. The Kier molecular flexibility index (Phi) is 5.94. The van der Waals surface area contributed by atoms with Gasteiger partial charge in [-0.15, -0.1) is 0 Å². The fourth-order valence-electron chi connectivity index (χ4n) is 4.92. The van der Waals surface area contributed by atoms with Crippen molar-refractivity contribution in [3.63, 3.8) is 0 Å². The molecule has 1 saturated carbocycles. The van der Waals surface area contributed by atoms with Crippen molar-refractivity contribution in [2.75, 3.05) is 5.32 Å². The Bertz CT molecular complexity index is 1380. The molecule has 2 fully saturated rings. The average molecular weight is 471 g/mol. The van der Waals surface area contributed by atoms with Crippen LogP contribution in [0.1, 0.15) is 36.8 Å². The number of aryl methyl sites for hydroxylation is 1. The van der Waals surface area contributed by atoms with Crippen LogP contribution in [0.2, 0.25) is 0 Å². The zero-order valence-electron chi connectivity index (χ0n) is 19.4. The number of urea groups is 1. The molecule has 2 aliphatic rings. The summed E-state index contributed by atoms with van der Waals surface area (Å²) in [5.74, 6) is -1.47. The number of amides is 5. The first-order valence-corrected chi connectivity index (χ1v) is 11.8. The van der Waals surface area contributed by atoms with E-state index in [1.807, 2.05) is 55.5 Å². The third-order valence-corrected chi connectivity index (χ3v) is 6.56. The van der Waals surface area contributed by atoms with E-state index in [4.69, 9.17) is 0 Å². The van der Waals surface area contributed by atoms with Crippen LogP contribution in [0.5, 0.6) is 0 Å². The Morgan fingerprint density at radius 1 is 1.09 bits per heavy atom. The number of barbiturate groups is 1. The smallest absolute Gasteiger partial charge is 0.331 e. The number of aromatic nitrogens is 1. The standard InChI is InChI=1S/C27H26N4O4/c1-17-7-6-8-19(13-17)28-24(32)16-30-15-18(21-11-4-5-12-23(21)30)14-22-25(33)29-27(35)31(26(22)34)20-9-2-3-10-20/h4-8,11-15,20H,2-3,9-10,16H2,1H3,(H,28,32)(H,29,33,35)/b22-14+. The number of imide groups is 2. The fourth-order valence-corrected chi connectivity index (χ4v) is 4.92. The van der Waals surface area contributed by atoms with Crippen LogP contribution in [0.25, 0.3) is 17.0 Å². The molecule has 8 heteroatoms. The lowest BCUT2D eigenvalue weighted by Gasteiger charge is -2.31. The third-order valence-electron chi connectivity index (χ3n) is 6.56. The first-order chi connectivity index (χ1) is 16.9. The van der Waals surface area contributed by atoms with Crippen LogP contribution in [0, 0.1) is 6.92 Å². The van der Waals surface area contributed by atoms with E-state index >= 15 is 0 Å². The molecule has 0 bridgehead atoms. The molecule has 2 N–H and O–H groups in total. The molecule has 0 radical (unpaired) electrons. The quantitative estimate of drug-likeness (QED) is 0.435. The average Bonchev–Trinajstić information content (AvgIpc) is 3.45. The lowest BCUT2D eigenvalue weighted by Crippen LogP contribution is -2.57. The summed E-state index contributed by atoms with van der Waals surface area (Å²) in [6.45, 7) is 2.02. The zero-order valence-corrected chi connectivity index (χ0v) is 19.4. The van der Waals surface area contributed by atoms with Crippen LogP contribution in [0.4, 0.5) is 10.5 Å². The predicted molar refractivity (Wildman–Crippen MR) is 132 cm³/mol. The largest absolute Gasteiger partial charge is 0.337 e. The molecule has 35 heavy (non-hydrogen) atoms. The second-order valence-corrected chi connectivity index (χ2v) is 9.08. The van der Waals surface area contributed by atoms with E-state index in [0.29, 0.717) is 5.56 Å². The molecule has 1 aromatic heterocycles. The molecule has 0 unspecified atom stereocenters. The molecule has 0 atom stereocenters. The number of nitrogens with one attached hydrogen (secondary N) is 2. The number of anilines is 1. The van der Waals surface area contributed by atoms with E-state index in [1.54, 1.807) is 10.8 Å². The van der Waals surface area contributed by atoms with Crippen molar-refractivity contribution in [2.24, 2.45) is 0 Å². The van der Waals surface area contributed by atoms with Crippen LogP contribution >= 0.6 is 0 Å². The summed E-state index contributed by atoms with van der Waals surface area (Å²) in [4.78, 5) is 52.2. The number of para-hydroxylation sites is 1. The minimum absolute atomic E-state index is 0.0600. The van der Waals surface area contributed by atoms with Gasteiger partial charge in [0.05, 0.1) is 0 Å². The maximum absolute atomic E-state index is 13.2. The molecular formula is C27H26N4O4. The van der Waals surface area contributed by atoms with Gasteiger partial charge in [-0.05, 0) is 49.6 Å². The van der Waals surface area contributed by atoms with E-state index < -0.39 is 17.8 Å². The van der Waals surface area contributed by atoms with E-state index in [9.17, 15) is 19.2 Å². The summed E-state index contributed by atoms with van der Waals surface area (Å²) in [7, 11) is 0. The Balaban J connectivity index is 1.45. The highest BCUT2D eigenvalue weighted by molar-refractivity contribution is 6.31. The molecule has 1 saturated heterocycles. The number of fused-ring (bicyclic) bond motifs is 1. The van der Waals surface area contributed by atoms with Crippen LogP contribution in [-0.2, 0) is 20.9 Å². The first-order valence-electron chi connectivity index (χ1n) is 11.8. The molecule has 1 aliphatic heterocycles. The van der Waals surface area contributed by atoms with E-state index in [-0.39, 0.29) is 24.1 Å². The van der Waals surface area contributed by atoms with Gasteiger partial charge < -0.3 is 9.88 Å². The highest BCUT2D eigenvalue weighted by atomic mass is 16.2. The van der Waals surface area contributed by atoms with Gasteiger partial charge in [-0.25, -0.2) is 4.79 Å². The van der Waals surface area contributed by atoms with Gasteiger partial charge in [-0.1, -0.05) is 43.2 Å². The predicted octanol–water partition coefficient (Wildman–Crippen LogP) is 3.99. The Morgan fingerprint density at radius 2 is 1.86 bits per heavy atom. The maximum atomic E-state index is 13.2. The monoisotopic (exact) mass is 470 g/mol. The van der Waals surface area contributed by atoms with Gasteiger partial charge in [0.1, 0.15) is 12.1 Å².